The minimum absolute atomic E-state index is 0.570. The van der Waals surface area contributed by atoms with E-state index in [4.69, 9.17) is 0 Å². The maximum Gasteiger partial charge on any atom is 0.0404 e. The molecular weight excluding hydrogens is 232 g/mol. The molecule has 0 aliphatic carbocycles. The number of nitrogens with one attached hydrogen (secondary N) is 1. The van der Waals surface area contributed by atoms with E-state index in [0.29, 0.717) is 6.04 Å². The highest BCUT2D eigenvalue weighted by atomic mass is 15.1. The van der Waals surface area contributed by atoms with Gasteiger partial charge in [-0.25, -0.2) is 0 Å². The lowest BCUT2D eigenvalue weighted by Crippen LogP contribution is -2.37. The van der Waals surface area contributed by atoms with Crippen LogP contribution >= 0.6 is 0 Å². The van der Waals surface area contributed by atoms with Crippen molar-refractivity contribution in [1.29, 1.82) is 0 Å². The third kappa shape index (κ3) is 3.50. The monoisotopic (exact) mass is 260 g/mol. The second kappa shape index (κ2) is 6.42. The van der Waals surface area contributed by atoms with Gasteiger partial charge in [-0.1, -0.05) is 25.1 Å². The van der Waals surface area contributed by atoms with Gasteiger partial charge in [0, 0.05) is 11.7 Å². The third-order valence-electron chi connectivity index (χ3n) is 4.58. The Morgan fingerprint density at radius 3 is 2.63 bits per heavy atom. The van der Waals surface area contributed by atoms with Crippen molar-refractivity contribution in [3.8, 4) is 0 Å². The van der Waals surface area contributed by atoms with Crippen LogP contribution in [0.15, 0.2) is 18.2 Å². The number of rotatable bonds is 4. The second-order valence-corrected chi connectivity index (χ2v) is 6.04. The Morgan fingerprint density at radius 2 is 2.00 bits per heavy atom. The molecule has 0 aromatic heterocycles. The fraction of sp³-hybridized carbons (Fsp3) is 0.647. The molecule has 1 N–H and O–H groups in total. The molecular formula is C17H28N2. The van der Waals surface area contributed by atoms with Crippen LogP contribution < -0.4 is 5.32 Å². The van der Waals surface area contributed by atoms with Crippen LogP contribution in [0.4, 0.5) is 5.69 Å². The Kier molecular flexibility index (Phi) is 4.87. The summed E-state index contributed by atoms with van der Waals surface area (Å²) in [6.07, 6.45) is 3.74. The van der Waals surface area contributed by atoms with Crippen molar-refractivity contribution in [2.24, 2.45) is 5.92 Å². The molecule has 1 aromatic carbocycles. The molecule has 0 bridgehead atoms. The maximum absolute atomic E-state index is 3.80. The number of nitrogens with zero attached hydrogens (tertiary/aromatic N) is 1. The van der Waals surface area contributed by atoms with E-state index in [0.717, 1.165) is 12.3 Å². The van der Waals surface area contributed by atoms with Gasteiger partial charge in [0.25, 0.3) is 0 Å². The Balaban J connectivity index is 2.04. The van der Waals surface area contributed by atoms with Gasteiger partial charge < -0.3 is 10.2 Å². The van der Waals surface area contributed by atoms with E-state index in [2.05, 4.69) is 56.2 Å². The fourth-order valence-electron chi connectivity index (χ4n) is 3.10. The molecule has 1 unspecified atom stereocenters. The molecule has 0 radical (unpaired) electrons. The third-order valence-corrected chi connectivity index (χ3v) is 4.58. The summed E-state index contributed by atoms with van der Waals surface area (Å²) in [6.45, 7) is 9.28. The standard InChI is InChI=1S/C17H28N2/c1-5-15-8-6-7-13(2)17(15)18-14(3)16-9-11-19(4)12-10-16/h6-8,14,16,18H,5,9-12H2,1-4H3. The average molecular weight is 260 g/mol. The van der Waals surface area contributed by atoms with Crippen molar-refractivity contribution >= 4 is 5.69 Å². The van der Waals surface area contributed by atoms with Crippen molar-refractivity contribution in [2.75, 3.05) is 25.5 Å². The molecule has 1 heterocycles. The van der Waals surface area contributed by atoms with Crippen molar-refractivity contribution < 1.29 is 0 Å². The molecule has 106 valence electrons. The molecule has 1 saturated heterocycles. The van der Waals surface area contributed by atoms with Gasteiger partial charge in [0.2, 0.25) is 0 Å². The van der Waals surface area contributed by atoms with Crippen LogP contribution in [0.25, 0.3) is 0 Å². The van der Waals surface area contributed by atoms with Gasteiger partial charge in [0.15, 0.2) is 0 Å². The van der Waals surface area contributed by atoms with E-state index in [9.17, 15) is 0 Å². The van der Waals surface area contributed by atoms with Crippen LogP contribution in [0.2, 0.25) is 0 Å². The Labute approximate surface area is 118 Å². The van der Waals surface area contributed by atoms with Crippen LogP contribution in [-0.4, -0.2) is 31.1 Å². The number of anilines is 1. The first-order valence-corrected chi connectivity index (χ1v) is 7.65. The van der Waals surface area contributed by atoms with E-state index in [1.54, 1.807) is 0 Å². The molecule has 2 heteroatoms. The van der Waals surface area contributed by atoms with Gasteiger partial charge >= 0.3 is 0 Å². The first kappa shape index (κ1) is 14.4. The summed E-state index contributed by atoms with van der Waals surface area (Å²) in [4.78, 5) is 2.44. The quantitative estimate of drug-likeness (QED) is 0.888. The first-order chi connectivity index (χ1) is 9.11. The van der Waals surface area contributed by atoms with Crippen molar-refractivity contribution in [2.45, 2.75) is 46.1 Å². The van der Waals surface area contributed by atoms with E-state index in [-0.39, 0.29) is 0 Å². The van der Waals surface area contributed by atoms with E-state index >= 15 is 0 Å². The van der Waals surface area contributed by atoms with Gasteiger partial charge in [-0.05, 0) is 70.3 Å². The van der Waals surface area contributed by atoms with Gasteiger partial charge in [-0.3, -0.25) is 0 Å². The molecule has 19 heavy (non-hydrogen) atoms. The van der Waals surface area contributed by atoms with Gasteiger partial charge in [0.1, 0.15) is 0 Å². The minimum Gasteiger partial charge on any atom is -0.382 e. The molecule has 1 fully saturated rings. The van der Waals surface area contributed by atoms with Crippen LogP contribution in [0.5, 0.6) is 0 Å². The summed E-state index contributed by atoms with van der Waals surface area (Å²) >= 11 is 0. The largest absolute Gasteiger partial charge is 0.382 e. The normalized spacial score (nSPS) is 19.4. The zero-order valence-electron chi connectivity index (χ0n) is 12.9. The number of hydrogen-bond acceptors (Lipinski definition) is 2. The van der Waals surface area contributed by atoms with E-state index < -0.39 is 0 Å². The molecule has 2 rings (SSSR count). The highest BCUT2D eigenvalue weighted by Gasteiger charge is 2.22. The molecule has 1 aliphatic heterocycles. The second-order valence-electron chi connectivity index (χ2n) is 6.04. The summed E-state index contributed by atoms with van der Waals surface area (Å²) in [7, 11) is 2.23. The molecule has 1 aliphatic rings. The zero-order chi connectivity index (χ0) is 13.8. The van der Waals surface area contributed by atoms with E-state index in [1.165, 1.54) is 42.7 Å². The highest BCUT2D eigenvalue weighted by molar-refractivity contribution is 5.57. The van der Waals surface area contributed by atoms with Gasteiger partial charge in [-0.2, -0.15) is 0 Å². The lowest BCUT2D eigenvalue weighted by molar-refractivity contribution is 0.208. The molecule has 0 amide bonds. The molecule has 0 spiro atoms. The maximum atomic E-state index is 3.80. The minimum atomic E-state index is 0.570. The van der Waals surface area contributed by atoms with Crippen molar-refractivity contribution in [3.63, 3.8) is 0 Å². The summed E-state index contributed by atoms with van der Waals surface area (Å²) in [5.74, 6) is 0.806. The number of benzene rings is 1. The van der Waals surface area contributed by atoms with Crippen molar-refractivity contribution in [3.05, 3.63) is 29.3 Å². The smallest absolute Gasteiger partial charge is 0.0404 e. The van der Waals surface area contributed by atoms with E-state index in [1.807, 2.05) is 0 Å². The predicted molar refractivity (Wildman–Crippen MR) is 83.9 cm³/mol. The first-order valence-electron chi connectivity index (χ1n) is 7.65. The molecule has 0 saturated carbocycles. The van der Waals surface area contributed by atoms with Crippen LogP contribution in [0.1, 0.15) is 37.8 Å². The van der Waals surface area contributed by atoms with Crippen LogP contribution in [0.3, 0.4) is 0 Å². The fourth-order valence-corrected chi connectivity index (χ4v) is 3.10. The number of piperidine rings is 1. The molecule has 2 nitrogen and oxygen atoms in total. The van der Waals surface area contributed by atoms with Crippen LogP contribution in [-0.2, 0) is 6.42 Å². The van der Waals surface area contributed by atoms with Gasteiger partial charge in [0.05, 0.1) is 0 Å². The number of hydrogen-bond donors (Lipinski definition) is 1. The Bertz CT molecular complexity index is 406. The average Bonchev–Trinajstić information content (AvgIpc) is 2.41. The number of para-hydroxylation sites is 1. The summed E-state index contributed by atoms with van der Waals surface area (Å²) in [5.41, 5.74) is 4.19. The van der Waals surface area contributed by atoms with Crippen LogP contribution in [0, 0.1) is 12.8 Å². The van der Waals surface area contributed by atoms with Crippen molar-refractivity contribution in [1.82, 2.24) is 4.90 Å². The SMILES string of the molecule is CCc1cccc(C)c1NC(C)C1CCN(C)CC1. The lowest BCUT2D eigenvalue weighted by Gasteiger charge is -2.34. The lowest BCUT2D eigenvalue weighted by atomic mass is 9.90. The predicted octanol–water partition coefficient (Wildman–Crippen LogP) is 3.70. The number of likely N-dealkylation sites (tertiary alicyclic amines) is 1. The molecule has 1 aromatic rings. The summed E-state index contributed by atoms with van der Waals surface area (Å²) < 4.78 is 0. The summed E-state index contributed by atoms with van der Waals surface area (Å²) in [5, 5.41) is 3.80. The Hall–Kier alpha value is -1.02. The molecule has 1 atom stereocenters. The number of aryl methyl sites for hydroxylation is 2. The van der Waals surface area contributed by atoms with Gasteiger partial charge in [-0.15, -0.1) is 0 Å². The Morgan fingerprint density at radius 1 is 1.32 bits per heavy atom. The summed E-state index contributed by atoms with van der Waals surface area (Å²) in [6, 6.07) is 7.19. The topological polar surface area (TPSA) is 15.3 Å². The zero-order valence-corrected chi connectivity index (χ0v) is 12.9. The highest BCUT2D eigenvalue weighted by Crippen LogP contribution is 2.26.